The summed E-state index contributed by atoms with van der Waals surface area (Å²) in [5.41, 5.74) is 4.71. The number of hydrogen-bond donors (Lipinski definition) is 1. The zero-order valence-corrected chi connectivity index (χ0v) is 19.2. The van der Waals surface area contributed by atoms with Gasteiger partial charge in [-0.2, -0.15) is 0 Å². The van der Waals surface area contributed by atoms with Crippen LogP contribution in [0.2, 0.25) is 0 Å². The number of carboxylic acid groups (broad SMARTS) is 1. The number of rotatable bonds is 10. The number of nitrogens with zero attached hydrogens (tertiary/aromatic N) is 1. The minimum Gasteiger partial charge on any atom is -0.492 e. The van der Waals surface area contributed by atoms with Crippen LogP contribution >= 0.6 is 0 Å². The Morgan fingerprint density at radius 2 is 1.82 bits per heavy atom. The minimum absolute atomic E-state index is 0.0609. The van der Waals surface area contributed by atoms with Gasteiger partial charge in [-0.1, -0.05) is 47.6 Å². The Bertz CT molecular complexity index is 1170. The van der Waals surface area contributed by atoms with Gasteiger partial charge in [0.25, 0.3) is 0 Å². The number of carboxylic acids is 1. The van der Waals surface area contributed by atoms with Crippen molar-refractivity contribution in [1.29, 1.82) is 0 Å². The Kier molecular flexibility index (Phi) is 7.32. The Balaban J connectivity index is 1.32. The first-order valence-electron chi connectivity index (χ1n) is 11.0. The standard InChI is InChI=1S/C27H27NO6/c1-18-5-3-4-6-23(18)25(28-31-2)17-33-21-9-7-19(8-10-21)15-32-22-11-12-24-20(13-27(29)30)16-34-26(24)14-22/h3-12,14,20H,13,15-17H2,1-2H3,(H,29,30). The predicted octanol–water partition coefficient (Wildman–Crippen LogP) is 4.95. The summed E-state index contributed by atoms with van der Waals surface area (Å²) in [6, 6.07) is 21.2. The zero-order chi connectivity index (χ0) is 23.9. The molecule has 0 saturated carbocycles. The van der Waals surface area contributed by atoms with Crippen LogP contribution in [0.4, 0.5) is 0 Å². The third-order valence-electron chi connectivity index (χ3n) is 5.65. The molecule has 1 N–H and O–H groups in total. The van der Waals surface area contributed by atoms with Crippen LogP contribution in [0.3, 0.4) is 0 Å². The van der Waals surface area contributed by atoms with Crippen molar-refractivity contribution in [2.75, 3.05) is 20.3 Å². The Hall–Kier alpha value is -4.00. The van der Waals surface area contributed by atoms with E-state index in [9.17, 15) is 4.79 Å². The minimum atomic E-state index is -0.827. The summed E-state index contributed by atoms with van der Waals surface area (Å²) in [6.45, 7) is 3.08. The SMILES string of the molecule is CON=C(COc1ccc(COc2ccc3c(c2)OCC3CC(=O)O)cc1)c1ccccc1C. The second-order valence-electron chi connectivity index (χ2n) is 8.06. The van der Waals surface area contributed by atoms with E-state index in [1.165, 1.54) is 7.11 Å². The van der Waals surface area contributed by atoms with Crippen molar-refractivity contribution in [1.82, 2.24) is 0 Å². The van der Waals surface area contributed by atoms with Crippen molar-refractivity contribution in [3.8, 4) is 17.2 Å². The van der Waals surface area contributed by atoms with Crippen molar-refractivity contribution in [3.63, 3.8) is 0 Å². The molecule has 0 amide bonds. The number of benzene rings is 3. The van der Waals surface area contributed by atoms with E-state index in [1.807, 2.05) is 73.7 Å². The monoisotopic (exact) mass is 461 g/mol. The number of carbonyl (C=O) groups is 1. The molecule has 0 bridgehead atoms. The number of oxime groups is 1. The third-order valence-corrected chi connectivity index (χ3v) is 5.65. The molecule has 7 nitrogen and oxygen atoms in total. The van der Waals surface area contributed by atoms with Crippen molar-refractivity contribution in [2.45, 2.75) is 25.9 Å². The first-order valence-corrected chi connectivity index (χ1v) is 11.0. The van der Waals surface area contributed by atoms with Gasteiger partial charge < -0.3 is 24.2 Å². The van der Waals surface area contributed by atoms with Gasteiger partial charge in [0.05, 0.1) is 13.0 Å². The van der Waals surface area contributed by atoms with Crippen molar-refractivity contribution >= 4 is 11.7 Å². The highest BCUT2D eigenvalue weighted by atomic mass is 16.6. The first-order chi connectivity index (χ1) is 16.5. The van der Waals surface area contributed by atoms with E-state index in [4.69, 9.17) is 24.2 Å². The highest BCUT2D eigenvalue weighted by molar-refractivity contribution is 6.02. The quantitative estimate of drug-likeness (QED) is 0.339. The maximum absolute atomic E-state index is 11.0. The largest absolute Gasteiger partial charge is 0.492 e. The van der Waals surface area contributed by atoms with Gasteiger partial charge in [0.2, 0.25) is 0 Å². The molecule has 1 atom stereocenters. The smallest absolute Gasteiger partial charge is 0.304 e. The van der Waals surface area contributed by atoms with E-state index in [0.29, 0.717) is 24.7 Å². The van der Waals surface area contributed by atoms with Gasteiger partial charge in [-0.05, 0) is 36.2 Å². The molecule has 1 aliphatic rings. The summed E-state index contributed by atoms with van der Waals surface area (Å²) < 4.78 is 17.5. The summed E-state index contributed by atoms with van der Waals surface area (Å²) in [7, 11) is 1.52. The van der Waals surface area contributed by atoms with Gasteiger partial charge in [-0.25, -0.2) is 0 Å². The molecule has 0 aliphatic carbocycles. The van der Waals surface area contributed by atoms with Crippen LogP contribution in [0.15, 0.2) is 71.9 Å². The maximum Gasteiger partial charge on any atom is 0.304 e. The molecule has 0 spiro atoms. The van der Waals surface area contributed by atoms with E-state index >= 15 is 0 Å². The lowest BCUT2D eigenvalue weighted by Gasteiger charge is -2.12. The number of aliphatic carboxylic acids is 1. The fourth-order valence-electron chi connectivity index (χ4n) is 3.89. The Morgan fingerprint density at radius 1 is 1.06 bits per heavy atom. The summed E-state index contributed by atoms with van der Waals surface area (Å²) in [5, 5.41) is 13.2. The molecule has 1 heterocycles. The number of ether oxygens (including phenoxy) is 3. The lowest BCUT2D eigenvalue weighted by Crippen LogP contribution is -2.14. The second-order valence-corrected chi connectivity index (χ2v) is 8.06. The summed E-state index contributed by atoms with van der Waals surface area (Å²) in [5.74, 6) is 1.14. The summed E-state index contributed by atoms with van der Waals surface area (Å²) in [4.78, 5) is 16.0. The predicted molar refractivity (Wildman–Crippen MR) is 128 cm³/mol. The van der Waals surface area contributed by atoms with Crippen LogP contribution in [0.25, 0.3) is 0 Å². The normalized spacial score (nSPS) is 14.8. The van der Waals surface area contributed by atoms with Crippen LogP contribution in [0, 0.1) is 6.92 Å². The fourth-order valence-corrected chi connectivity index (χ4v) is 3.89. The van der Waals surface area contributed by atoms with E-state index < -0.39 is 5.97 Å². The molecule has 3 aromatic carbocycles. The van der Waals surface area contributed by atoms with Crippen LogP contribution in [0.5, 0.6) is 17.2 Å². The highest BCUT2D eigenvalue weighted by Gasteiger charge is 2.26. The van der Waals surface area contributed by atoms with Gasteiger partial charge in [0, 0.05) is 23.1 Å². The van der Waals surface area contributed by atoms with Crippen LogP contribution in [0.1, 0.15) is 34.6 Å². The molecular weight excluding hydrogens is 434 g/mol. The van der Waals surface area contributed by atoms with Gasteiger partial charge in [-0.3, -0.25) is 4.79 Å². The third kappa shape index (κ3) is 5.67. The van der Waals surface area contributed by atoms with E-state index in [2.05, 4.69) is 5.16 Å². The average molecular weight is 462 g/mol. The Morgan fingerprint density at radius 3 is 2.56 bits per heavy atom. The number of aryl methyl sites for hydroxylation is 1. The van der Waals surface area contributed by atoms with E-state index in [0.717, 1.165) is 33.7 Å². The Labute approximate surface area is 198 Å². The van der Waals surface area contributed by atoms with Crippen molar-refractivity contribution in [3.05, 3.63) is 89.0 Å². The summed E-state index contributed by atoms with van der Waals surface area (Å²) >= 11 is 0. The van der Waals surface area contributed by atoms with Crippen molar-refractivity contribution < 1.29 is 28.9 Å². The average Bonchev–Trinajstić information content (AvgIpc) is 3.23. The lowest BCUT2D eigenvalue weighted by molar-refractivity contribution is -0.137. The molecule has 7 heteroatoms. The van der Waals surface area contributed by atoms with Gasteiger partial charge in [-0.15, -0.1) is 0 Å². The fraction of sp³-hybridized carbons (Fsp3) is 0.259. The molecule has 0 saturated heterocycles. The van der Waals surface area contributed by atoms with Crippen LogP contribution in [-0.4, -0.2) is 37.1 Å². The molecule has 1 aliphatic heterocycles. The molecule has 176 valence electrons. The zero-order valence-electron chi connectivity index (χ0n) is 19.2. The molecule has 1 unspecified atom stereocenters. The molecule has 4 rings (SSSR count). The van der Waals surface area contributed by atoms with Crippen LogP contribution < -0.4 is 14.2 Å². The van der Waals surface area contributed by atoms with Gasteiger partial charge in [0.15, 0.2) is 0 Å². The van der Waals surface area contributed by atoms with Gasteiger partial charge in [0.1, 0.15) is 43.3 Å². The van der Waals surface area contributed by atoms with E-state index in [1.54, 1.807) is 0 Å². The highest BCUT2D eigenvalue weighted by Crippen LogP contribution is 2.38. The van der Waals surface area contributed by atoms with Gasteiger partial charge >= 0.3 is 5.97 Å². The molecular formula is C27H27NO6. The first kappa shape index (κ1) is 23.2. The number of fused-ring (bicyclic) bond motifs is 1. The molecule has 0 aromatic heterocycles. The molecule has 0 fully saturated rings. The number of hydrogen-bond acceptors (Lipinski definition) is 6. The van der Waals surface area contributed by atoms with Crippen LogP contribution in [-0.2, 0) is 16.2 Å². The lowest BCUT2D eigenvalue weighted by atomic mass is 9.98. The topological polar surface area (TPSA) is 86.6 Å². The summed E-state index contributed by atoms with van der Waals surface area (Å²) in [6.07, 6.45) is 0.0609. The second kappa shape index (κ2) is 10.7. The molecule has 0 radical (unpaired) electrons. The maximum atomic E-state index is 11.0. The van der Waals surface area contributed by atoms with Crippen molar-refractivity contribution in [2.24, 2.45) is 5.16 Å². The molecule has 3 aromatic rings. The molecule has 34 heavy (non-hydrogen) atoms. The van der Waals surface area contributed by atoms with E-state index in [-0.39, 0.29) is 18.9 Å².